The van der Waals surface area contributed by atoms with Crippen LogP contribution in [0.2, 0.25) is 0 Å². The van der Waals surface area contributed by atoms with Gasteiger partial charge in [0.05, 0.1) is 0 Å². The minimum absolute atomic E-state index is 0.130. The van der Waals surface area contributed by atoms with Gasteiger partial charge in [0, 0.05) is 36.1 Å². The summed E-state index contributed by atoms with van der Waals surface area (Å²) in [5.74, 6) is 0.120. The first-order valence-electron chi connectivity index (χ1n) is 7.72. The van der Waals surface area contributed by atoms with Gasteiger partial charge in [0.2, 0.25) is 13.8 Å². The van der Waals surface area contributed by atoms with E-state index in [4.69, 9.17) is 92.8 Å². The van der Waals surface area contributed by atoms with Gasteiger partial charge in [0.1, 0.15) is 0 Å². The SMILES string of the molecule is FN1C(c2ccccc2N(CCCl)CCCl)=NC(C(Cl)(Cl)Cl)=NC1C(Cl)(Cl)Cl. The summed E-state index contributed by atoms with van der Waals surface area (Å²) in [5.41, 5.74) is 0.972. The molecule has 0 spiro atoms. The maximum absolute atomic E-state index is 15.2. The van der Waals surface area contributed by atoms with Crippen LogP contribution < -0.4 is 4.90 Å². The third kappa shape index (κ3) is 5.98. The van der Waals surface area contributed by atoms with E-state index in [0.717, 1.165) is 0 Å². The van der Waals surface area contributed by atoms with Crippen molar-refractivity contribution in [2.75, 3.05) is 29.7 Å². The van der Waals surface area contributed by atoms with E-state index < -0.39 is 13.8 Å². The lowest BCUT2D eigenvalue weighted by Gasteiger charge is -2.34. The number of para-hydroxylation sites is 1. The summed E-state index contributed by atoms with van der Waals surface area (Å²) in [6, 6.07) is 6.86. The fourth-order valence-corrected chi connectivity index (χ4v) is 3.55. The standard InChI is InChI=1S/C15H13Cl8FN4/c16-5-7-27(8-6-17)10-4-2-1-3-9(10)11-25-12(14(18,19)20)26-13(28(11)24)15(21,22)23/h1-4,13H,5-8H2. The van der Waals surface area contributed by atoms with E-state index in [-0.39, 0.29) is 16.8 Å². The Bertz CT molecular complexity index is 740. The van der Waals surface area contributed by atoms with Gasteiger partial charge in [-0.2, -0.15) is 5.12 Å². The number of hydrogen-bond donors (Lipinski definition) is 0. The van der Waals surface area contributed by atoms with E-state index in [1.165, 1.54) is 0 Å². The van der Waals surface area contributed by atoms with Crippen molar-refractivity contribution in [1.82, 2.24) is 5.12 Å². The third-order valence-electron chi connectivity index (χ3n) is 3.61. The van der Waals surface area contributed by atoms with Crippen LogP contribution in [0.15, 0.2) is 34.3 Å². The second-order valence-corrected chi connectivity index (χ2v) is 10.9. The van der Waals surface area contributed by atoms with Crippen molar-refractivity contribution in [2.24, 2.45) is 9.98 Å². The van der Waals surface area contributed by atoms with Crippen LogP contribution in [0.4, 0.5) is 10.2 Å². The second-order valence-electron chi connectivity index (χ2n) is 5.49. The van der Waals surface area contributed by atoms with Crippen molar-refractivity contribution in [2.45, 2.75) is 13.8 Å². The van der Waals surface area contributed by atoms with Gasteiger partial charge in [-0.15, -0.1) is 23.2 Å². The lowest BCUT2D eigenvalue weighted by molar-refractivity contribution is 0.0700. The molecule has 1 unspecified atom stereocenters. The summed E-state index contributed by atoms with van der Waals surface area (Å²) < 4.78 is 11.0. The zero-order valence-electron chi connectivity index (χ0n) is 13.9. The molecule has 0 N–H and O–H groups in total. The van der Waals surface area contributed by atoms with E-state index in [1.807, 2.05) is 4.90 Å². The summed E-state index contributed by atoms with van der Waals surface area (Å²) in [5, 5.41) is 0.130. The van der Waals surface area contributed by atoms with Crippen molar-refractivity contribution in [3.8, 4) is 0 Å². The molecular formula is C15H13Cl8FN4. The first-order valence-corrected chi connectivity index (χ1v) is 11.1. The Balaban J connectivity index is 2.62. The third-order valence-corrected chi connectivity index (χ3v) is 5.04. The highest BCUT2D eigenvalue weighted by Gasteiger charge is 2.45. The Hall–Kier alpha value is 0.410. The van der Waals surface area contributed by atoms with Crippen LogP contribution in [0.5, 0.6) is 0 Å². The molecule has 1 aliphatic heterocycles. The molecule has 0 saturated carbocycles. The summed E-state index contributed by atoms with van der Waals surface area (Å²) >= 11 is 47.2. The molecule has 0 radical (unpaired) electrons. The molecule has 0 fully saturated rings. The molecule has 0 bridgehead atoms. The van der Waals surface area contributed by atoms with Crippen LogP contribution in [0.1, 0.15) is 5.56 Å². The summed E-state index contributed by atoms with van der Waals surface area (Å²) in [7, 11) is 0. The number of halogens is 9. The minimum Gasteiger partial charge on any atom is -0.369 e. The Kier molecular flexibility index (Phi) is 8.94. The molecule has 0 aliphatic carbocycles. The van der Waals surface area contributed by atoms with Crippen LogP contribution in [0.25, 0.3) is 0 Å². The molecule has 2 rings (SSSR count). The Morgan fingerprint density at radius 1 is 1.00 bits per heavy atom. The number of alkyl halides is 8. The fourth-order valence-electron chi connectivity index (χ4n) is 2.47. The van der Waals surface area contributed by atoms with Crippen LogP contribution in [-0.4, -0.2) is 55.4 Å². The molecule has 1 aromatic carbocycles. The molecule has 0 saturated heterocycles. The number of hydrogen-bond acceptors (Lipinski definition) is 4. The predicted molar refractivity (Wildman–Crippen MR) is 121 cm³/mol. The maximum Gasteiger partial charge on any atom is 0.249 e. The Labute approximate surface area is 202 Å². The zero-order chi connectivity index (χ0) is 21.1. The number of anilines is 1. The molecule has 4 nitrogen and oxygen atoms in total. The average molecular weight is 552 g/mol. The molecule has 1 aromatic rings. The van der Waals surface area contributed by atoms with E-state index in [2.05, 4.69) is 9.98 Å². The van der Waals surface area contributed by atoms with E-state index in [0.29, 0.717) is 36.1 Å². The topological polar surface area (TPSA) is 31.2 Å². The molecule has 0 aromatic heterocycles. The average Bonchev–Trinajstić information content (AvgIpc) is 2.60. The molecule has 28 heavy (non-hydrogen) atoms. The maximum atomic E-state index is 15.2. The normalized spacial score (nSPS) is 18.0. The van der Waals surface area contributed by atoms with Crippen LogP contribution in [0.3, 0.4) is 0 Å². The number of aliphatic imine (C=N–C) groups is 2. The Morgan fingerprint density at radius 3 is 2.07 bits per heavy atom. The van der Waals surface area contributed by atoms with Crippen molar-refractivity contribution in [1.29, 1.82) is 0 Å². The summed E-state index contributed by atoms with van der Waals surface area (Å²) in [4.78, 5) is 9.82. The summed E-state index contributed by atoms with van der Waals surface area (Å²) in [6.45, 7) is 0.925. The minimum atomic E-state index is -2.15. The highest BCUT2D eigenvalue weighted by atomic mass is 35.6. The first kappa shape index (κ1) is 24.7. The predicted octanol–water partition coefficient (Wildman–Crippen LogP) is 6.38. The monoisotopic (exact) mass is 548 g/mol. The lowest BCUT2D eigenvalue weighted by Crippen LogP contribution is -2.47. The molecule has 1 aliphatic rings. The highest BCUT2D eigenvalue weighted by Crippen LogP contribution is 2.40. The largest absolute Gasteiger partial charge is 0.369 e. The van der Waals surface area contributed by atoms with Crippen molar-refractivity contribution in [3.05, 3.63) is 29.8 Å². The van der Waals surface area contributed by atoms with Gasteiger partial charge in [-0.25, -0.2) is 9.98 Å². The van der Waals surface area contributed by atoms with Gasteiger partial charge in [0.15, 0.2) is 11.7 Å². The smallest absolute Gasteiger partial charge is 0.249 e. The number of amidine groups is 2. The van der Waals surface area contributed by atoms with Gasteiger partial charge in [-0.05, 0) is 12.1 Å². The van der Waals surface area contributed by atoms with Crippen LogP contribution in [0, 0.1) is 0 Å². The highest BCUT2D eigenvalue weighted by molar-refractivity contribution is 6.77. The summed E-state index contributed by atoms with van der Waals surface area (Å²) in [6.07, 6.45) is -1.61. The fraction of sp³-hybridized carbons (Fsp3) is 0.467. The lowest BCUT2D eigenvalue weighted by atomic mass is 10.1. The van der Waals surface area contributed by atoms with Crippen molar-refractivity contribution >= 4 is 110 Å². The van der Waals surface area contributed by atoms with E-state index >= 15 is 4.48 Å². The number of nitrogens with zero attached hydrogens (tertiary/aromatic N) is 4. The molecule has 1 heterocycles. The molecule has 0 amide bonds. The van der Waals surface area contributed by atoms with Gasteiger partial charge in [0.25, 0.3) is 0 Å². The van der Waals surface area contributed by atoms with Gasteiger partial charge in [-0.3, -0.25) is 0 Å². The molecular weight excluding hydrogens is 539 g/mol. The van der Waals surface area contributed by atoms with Crippen LogP contribution >= 0.6 is 92.8 Å². The van der Waals surface area contributed by atoms with Gasteiger partial charge < -0.3 is 4.90 Å². The molecule has 156 valence electrons. The Morgan fingerprint density at radius 2 is 1.57 bits per heavy atom. The molecule has 1 atom stereocenters. The number of benzene rings is 1. The van der Waals surface area contributed by atoms with Crippen LogP contribution in [-0.2, 0) is 0 Å². The van der Waals surface area contributed by atoms with Gasteiger partial charge in [-0.1, -0.05) is 86.2 Å². The van der Waals surface area contributed by atoms with E-state index in [9.17, 15) is 0 Å². The van der Waals surface area contributed by atoms with Crippen molar-refractivity contribution in [3.63, 3.8) is 0 Å². The zero-order valence-corrected chi connectivity index (χ0v) is 20.0. The van der Waals surface area contributed by atoms with Gasteiger partial charge >= 0.3 is 0 Å². The van der Waals surface area contributed by atoms with Crippen molar-refractivity contribution < 1.29 is 4.48 Å². The first-order chi connectivity index (χ1) is 13.0. The molecule has 13 heteroatoms. The quantitative estimate of drug-likeness (QED) is 0.303. The number of rotatable bonds is 6. The second kappa shape index (κ2) is 10.1. The van der Waals surface area contributed by atoms with E-state index in [1.54, 1.807) is 24.3 Å².